The normalized spacial score (nSPS) is 13.6. The molecule has 1 N–H and O–H groups in total. The van der Waals surface area contributed by atoms with Crippen LogP contribution in [0.4, 0.5) is 24.5 Å². The van der Waals surface area contributed by atoms with Crippen molar-refractivity contribution in [3.8, 4) is 11.5 Å². The monoisotopic (exact) mass is 542 g/mol. The van der Waals surface area contributed by atoms with Crippen LogP contribution >= 0.6 is 23.2 Å². The average molecular weight is 543 g/mol. The minimum atomic E-state index is -4.63. The average Bonchev–Trinajstić information content (AvgIpc) is 2.96. The predicted molar refractivity (Wildman–Crippen MR) is 127 cm³/mol. The first-order chi connectivity index (χ1) is 17.0. The molecule has 0 unspecified atom stereocenters. The number of aromatic nitrogens is 2. The standard InChI is InChI=1S/C23H19Cl2F3N4O4/c24-13-6-7-20(18(25)8-13)36-16-10-14(9-15(11-16)32(34)35)29-21(33)12-31-19-5-3-1-2-4-17(19)22(30-31)23(26,27)28/h6-11H,1-5,12H2,(H,29,33). The Hall–Kier alpha value is -3.31. The molecule has 0 bridgehead atoms. The Kier molecular flexibility index (Phi) is 7.41. The molecule has 0 atom stereocenters. The molecule has 3 aromatic rings. The molecule has 0 radical (unpaired) electrons. The van der Waals surface area contributed by atoms with Gasteiger partial charge in [-0.05, 0) is 43.9 Å². The van der Waals surface area contributed by atoms with Gasteiger partial charge in [0.05, 0.1) is 21.7 Å². The lowest BCUT2D eigenvalue weighted by atomic mass is 10.1. The molecule has 13 heteroatoms. The third-order valence-corrected chi connectivity index (χ3v) is 6.11. The molecule has 1 aliphatic carbocycles. The molecule has 2 aromatic carbocycles. The minimum absolute atomic E-state index is 0.0102. The van der Waals surface area contributed by atoms with Gasteiger partial charge in [-0.2, -0.15) is 18.3 Å². The number of halogens is 5. The number of anilines is 1. The Morgan fingerprint density at radius 2 is 1.89 bits per heavy atom. The molecule has 0 saturated carbocycles. The summed E-state index contributed by atoms with van der Waals surface area (Å²) in [6.07, 6.45) is -1.93. The maximum absolute atomic E-state index is 13.5. The fourth-order valence-electron chi connectivity index (χ4n) is 4.05. The van der Waals surface area contributed by atoms with Crippen molar-refractivity contribution in [2.45, 2.75) is 44.8 Å². The van der Waals surface area contributed by atoms with E-state index < -0.39 is 29.2 Å². The molecule has 0 spiro atoms. The highest BCUT2D eigenvalue weighted by Crippen LogP contribution is 2.36. The van der Waals surface area contributed by atoms with Crippen molar-refractivity contribution in [2.75, 3.05) is 5.32 Å². The van der Waals surface area contributed by atoms with Crippen LogP contribution < -0.4 is 10.1 Å². The van der Waals surface area contributed by atoms with Gasteiger partial charge in [0.25, 0.3) is 5.69 Å². The summed E-state index contributed by atoms with van der Waals surface area (Å²) in [6, 6.07) is 8.01. The van der Waals surface area contributed by atoms with Crippen LogP contribution in [0.3, 0.4) is 0 Å². The Morgan fingerprint density at radius 3 is 2.58 bits per heavy atom. The van der Waals surface area contributed by atoms with Crippen molar-refractivity contribution in [1.29, 1.82) is 0 Å². The lowest BCUT2D eigenvalue weighted by Gasteiger charge is -2.11. The number of fused-ring (bicyclic) bond motifs is 1. The number of non-ortho nitro benzene ring substituents is 1. The van der Waals surface area contributed by atoms with Crippen LogP contribution in [0.25, 0.3) is 0 Å². The van der Waals surface area contributed by atoms with Gasteiger partial charge in [0.2, 0.25) is 5.91 Å². The molecule has 0 saturated heterocycles. The van der Waals surface area contributed by atoms with Crippen molar-refractivity contribution in [3.05, 3.63) is 73.5 Å². The zero-order valence-corrected chi connectivity index (χ0v) is 20.1. The molecule has 0 aliphatic heterocycles. The number of hydrogen-bond donors (Lipinski definition) is 1. The van der Waals surface area contributed by atoms with E-state index in [4.69, 9.17) is 27.9 Å². The third kappa shape index (κ3) is 5.90. The summed E-state index contributed by atoms with van der Waals surface area (Å²) in [4.78, 5) is 23.5. The second-order valence-electron chi connectivity index (χ2n) is 8.19. The van der Waals surface area contributed by atoms with E-state index in [9.17, 15) is 28.1 Å². The second-order valence-corrected chi connectivity index (χ2v) is 9.03. The molecular weight excluding hydrogens is 524 g/mol. The lowest BCUT2D eigenvalue weighted by molar-refractivity contribution is -0.384. The summed E-state index contributed by atoms with van der Waals surface area (Å²) in [5.74, 6) is -0.511. The van der Waals surface area contributed by atoms with E-state index in [1.54, 1.807) is 0 Å². The molecule has 1 heterocycles. The SMILES string of the molecule is O=C(Cn1nc(C(F)(F)F)c2c1CCCCC2)Nc1cc(Oc2ccc(Cl)cc2Cl)cc([N+](=O)[O-])c1. The molecule has 0 fully saturated rings. The van der Waals surface area contributed by atoms with Crippen molar-refractivity contribution in [3.63, 3.8) is 0 Å². The topological polar surface area (TPSA) is 99.3 Å². The van der Waals surface area contributed by atoms with Gasteiger partial charge in [-0.1, -0.05) is 29.6 Å². The first-order valence-electron chi connectivity index (χ1n) is 10.9. The first-order valence-corrected chi connectivity index (χ1v) is 11.6. The number of alkyl halides is 3. The number of amides is 1. The first kappa shape index (κ1) is 25.8. The fraction of sp³-hybridized carbons (Fsp3) is 0.304. The highest BCUT2D eigenvalue weighted by atomic mass is 35.5. The zero-order valence-electron chi connectivity index (χ0n) is 18.6. The van der Waals surface area contributed by atoms with Crippen LogP contribution in [0.5, 0.6) is 11.5 Å². The smallest absolute Gasteiger partial charge is 0.435 e. The number of ether oxygens (including phenoxy) is 1. The number of hydrogen-bond acceptors (Lipinski definition) is 5. The summed E-state index contributed by atoms with van der Waals surface area (Å²) in [5.41, 5.74) is -0.823. The molecule has 36 heavy (non-hydrogen) atoms. The van der Waals surface area contributed by atoms with E-state index >= 15 is 0 Å². The van der Waals surface area contributed by atoms with Gasteiger partial charge in [-0.15, -0.1) is 0 Å². The van der Waals surface area contributed by atoms with Crippen LogP contribution in [-0.4, -0.2) is 20.6 Å². The van der Waals surface area contributed by atoms with Crippen molar-refractivity contribution >= 4 is 40.5 Å². The van der Waals surface area contributed by atoms with E-state index in [0.29, 0.717) is 30.0 Å². The number of carbonyl (C=O) groups is 1. The maximum Gasteiger partial charge on any atom is 0.435 e. The summed E-state index contributed by atoms with van der Waals surface area (Å²) in [7, 11) is 0. The van der Waals surface area contributed by atoms with Gasteiger partial charge in [0.15, 0.2) is 5.69 Å². The van der Waals surface area contributed by atoms with Crippen molar-refractivity contribution in [2.24, 2.45) is 0 Å². The number of benzene rings is 2. The second kappa shape index (κ2) is 10.4. The van der Waals surface area contributed by atoms with E-state index in [0.717, 1.165) is 23.2 Å². The van der Waals surface area contributed by atoms with Crippen LogP contribution in [0.1, 0.15) is 36.2 Å². The third-order valence-electron chi connectivity index (χ3n) is 5.58. The largest absolute Gasteiger partial charge is 0.455 e. The quantitative estimate of drug-likeness (QED) is 0.209. The molecular formula is C23H19Cl2F3N4O4. The summed E-state index contributed by atoms with van der Waals surface area (Å²) in [6.45, 7) is -0.486. The Balaban J connectivity index is 1.58. The summed E-state index contributed by atoms with van der Waals surface area (Å²) in [5, 5.41) is 18.1. The molecule has 4 rings (SSSR count). The molecule has 190 valence electrons. The van der Waals surface area contributed by atoms with E-state index in [-0.39, 0.29) is 39.9 Å². The highest BCUT2D eigenvalue weighted by Gasteiger charge is 2.39. The van der Waals surface area contributed by atoms with Gasteiger partial charge in [0, 0.05) is 28.4 Å². The Labute approximate surface area is 213 Å². The number of nitrogens with one attached hydrogen (secondary N) is 1. The maximum atomic E-state index is 13.5. The van der Waals surface area contributed by atoms with E-state index in [1.807, 2.05) is 0 Å². The van der Waals surface area contributed by atoms with Crippen LogP contribution in [0.2, 0.25) is 10.0 Å². The number of carbonyl (C=O) groups excluding carboxylic acids is 1. The van der Waals surface area contributed by atoms with Crippen molar-refractivity contribution in [1.82, 2.24) is 9.78 Å². The number of rotatable bonds is 6. The number of nitrogens with zero attached hydrogens (tertiary/aromatic N) is 3. The van der Waals surface area contributed by atoms with Crippen LogP contribution in [0.15, 0.2) is 36.4 Å². The summed E-state index contributed by atoms with van der Waals surface area (Å²) < 4.78 is 47.3. The Bertz CT molecular complexity index is 1330. The van der Waals surface area contributed by atoms with Crippen LogP contribution in [0, 0.1) is 10.1 Å². The van der Waals surface area contributed by atoms with Crippen molar-refractivity contribution < 1.29 is 27.6 Å². The van der Waals surface area contributed by atoms with Gasteiger partial charge in [-0.3, -0.25) is 19.6 Å². The van der Waals surface area contributed by atoms with Gasteiger partial charge in [0.1, 0.15) is 18.0 Å². The van der Waals surface area contributed by atoms with E-state index in [1.165, 1.54) is 24.3 Å². The zero-order chi connectivity index (χ0) is 26.0. The fourth-order valence-corrected chi connectivity index (χ4v) is 4.49. The predicted octanol–water partition coefficient (Wildman–Crippen LogP) is 6.82. The Morgan fingerprint density at radius 1 is 1.14 bits per heavy atom. The highest BCUT2D eigenvalue weighted by molar-refractivity contribution is 6.35. The van der Waals surface area contributed by atoms with E-state index in [2.05, 4.69) is 10.4 Å². The molecule has 8 nitrogen and oxygen atoms in total. The molecule has 1 amide bonds. The van der Waals surface area contributed by atoms with Gasteiger partial charge >= 0.3 is 6.18 Å². The van der Waals surface area contributed by atoms with Gasteiger partial charge in [-0.25, -0.2) is 0 Å². The minimum Gasteiger partial charge on any atom is -0.455 e. The lowest BCUT2D eigenvalue weighted by Crippen LogP contribution is -2.21. The molecule has 1 aromatic heterocycles. The number of nitro groups is 1. The summed E-state index contributed by atoms with van der Waals surface area (Å²) >= 11 is 12.0. The van der Waals surface area contributed by atoms with Gasteiger partial charge < -0.3 is 10.1 Å². The van der Waals surface area contributed by atoms with Crippen LogP contribution in [-0.2, 0) is 30.4 Å². The number of nitro benzene ring substituents is 1. The molecule has 1 aliphatic rings.